The quantitative estimate of drug-likeness (QED) is 0.864. The summed E-state index contributed by atoms with van der Waals surface area (Å²) in [6.45, 7) is 1.40. The first kappa shape index (κ1) is 14.3. The lowest BCUT2D eigenvalue weighted by molar-refractivity contribution is -0.115. The van der Waals surface area contributed by atoms with E-state index in [-0.39, 0.29) is 18.3 Å². The van der Waals surface area contributed by atoms with Crippen molar-refractivity contribution in [3.8, 4) is 0 Å². The Kier molecular flexibility index (Phi) is 5.80. The van der Waals surface area contributed by atoms with Gasteiger partial charge in [-0.15, -0.1) is 0 Å². The van der Waals surface area contributed by atoms with Crippen molar-refractivity contribution in [1.82, 2.24) is 0 Å². The summed E-state index contributed by atoms with van der Waals surface area (Å²) in [5.74, 6) is -0.200. The smallest absolute Gasteiger partial charge is 0.239 e. The molecule has 94 valence electrons. The minimum absolute atomic E-state index is 0.116. The molecule has 17 heavy (non-hydrogen) atoms. The van der Waals surface area contributed by atoms with Gasteiger partial charge in [0.05, 0.1) is 12.3 Å². The van der Waals surface area contributed by atoms with Crippen LogP contribution in [0.2, 0.25) is 0 Å². The van der Waals surface area contributed by atoms with E-state index >= 15 is 0 Å². The van der Waals surface area contributed by atoms with Crippen LogP contribution in [0.5, 0.6) is 0 Å². The average molecular weight is 320 g/mol. The summed E-state index contributed by atoms with van der Waals surface area (Å²) in [7, 11) is -1.35. The van der Waals surface area contributed by atoms with Crippen LogP contribution in [0.15, 0.2) is 28.7 Å². The van der Waals surface area contributed by atoms with Crippen molar-refractivity contribution in [1.29, 1.82) is 0 Å². The molecule has 0 spiro atoms. The fraction of sp³-hybridized carbons (Fsp3) is 0.364. The number of halogens is 1. The van der Waals surface area contributed by atoms with Gasteiger partial charge in [0.1, 0.15) is 5.25 Å². The zero-order valence-electron chi connectivity index (χ0n) is 9.35. The molecule has 4 nitrogen and oxygen atoms in total. The van der Waals surface area contributed by atoms with Crippen LogP contribution >= 0.6 is 15.9 Å². The molecule has 0 bridgehead atoms. The SMILES string of the molecule is CC(C(=O)Nc1ccccc1Br)S(=O)CCO. The molecule has 0 fully saturated rings. The highest BCUT2D eigenvalue weighted by Gasteiger charge is 2.19. The highest BCUT2D eigenvalue weighted by molar-refractivity contribution is 9.10. The van der Waals surface area contributed by atoms with Crippen molar-refractivity contribution in [3.05, 3.63) is 28.7 Å². The number of carbonyl (C=O) groups is 1. The van der Waals surface area contributed by atoms with Gasteiger partial charge in [0.25, 0.3) is 0 Å². The number of hydrogen-bond acceptors (Lipinski definition) is 3. The first-order chi connectivity index (χ1) is 8.06. The number of anilines is 1. The Bertz CT molecular complexity index is 425. The van der Waals surface area contributed by atoms with E-state index in [1.54, 1.807) is 19.1 Å². The summed E-state index contributed by atoms with van der Waals surface area (Å²) in [4.78, 5) is 11.8. The number of aliphatic hydroxyl groups excluding tert-OH is 1. The molecule has 1 amide bonds. The van der Waals surface area contributed by atoms with Crippen LogP contribution in [-0.2, 0) is 15.6 Å². The van der Waals surface area contributed by atoms with Gasteiger partial charge in [-0.05, 0) is 35.0 Å². The van der Waals surface area contributed by atoms with Crippen LogP contribution in [0.25, 0.3) is 0 Å². The Balaban J connectivity index is 2.67. The van der Waals surface area contributed by atoms with Gasteiger partial charge in [0.15, 0.2) is 0 Å². The largest absolute Gasteiger partial charge is 0.395 e. The molecular formula is C11H14BrNO3S. The molecule has 0 radical (unpaired) electrons. The molecule has 1 aromatic rings. The predicted octanol–water partition coefficient (Wildman–Crippen LogP) is 1.52. The lowest BCUT2D eigenvalue weighted by atomic mass is 10.3. The molecule has 0 aliphatic carbocycles. The maximum absolute atomic E-state index is 11.8. The number of para-hydroxylation sites is 1. The van der Waals surface area contributed by atoms with Gasteiger partial charge in [-0.1, -0.05) is 12.1 Å². The number of hydrogen-bond donors (Lipinski definition) is 2. The zero-order valence-corrected chi connectivity index (χ0v) is 11.8. The van der Waals surface area contributed by atoms with E-state index in [0.717, 1.165) is 4.47 Å². The van der Waals surface area contributed by atoms with Crippen LogP contribution in [0.4, 0.5) is 5.69 Å². The Morgan fingerprint density at radius 2 is 2.18 bits per heavy atom. The van der Waals surface area contributed by atoms with Gasteiger partial charge >= 0.3 is 0 Å². The van der Waals surface area contributed by atoms with Crippen molar-refractivity contribution in [2.75, 3.05) is 17.7 Å². The molecule has 0 aliphatic heterocycles. The van der Waals surface area contributed by atoms with Gasteiger partial charge < -0.3 is 10.4 Å². The molecule has 0 heterocycles. The Labute approximate surface area is 111 Å². The summed E-state index contributed by atoms with van der Waals surface area (Å²) in [5.41, 5.74) is 0.644. The number of benzene rings is 1. The van der Waals surface area contributed by atoms with Crippen LogP contribution in [0.3, 0.4) is 0 Å². The molecule has 0 saturated carbocycles. The fourth-order valence-electron chi connectivity index (χ4n) is 1.18. The molecule has 1 aromatic carbocycles. The third kappa shape index (κ3) is 4.22. The number of carbonyl (C=O) groups excluding carboxylic acids is 1. The summed E-state index contributed by atoms with van der Waals surface area (Å²) in [6.07, 6.45) is 0. The lowest BCUT2D eigenvalue weighted by Gasteiger charge is -2.12. The van der Waals surface area contributed by atoms with Gasteiger partial charge in [-0.3, -0.25) is 9.00 Å². The Morgan fingerprint density at radius 1 is 1.53 bits per heavy atom. The summed E-state index contributed by atoms with van der Waals surface area (Å²) in [6, 6.07) is 7.21. The molecule has 6 heteroatoms. The number of aliphatic hydroxyl groups is 1. The highest BCUT2D eigenvalue weighted by Crippen LogP contribution is 2.21. The number of rotatable bonds is 5. The van der Waals surface area contributed by atoms with Crippen molar-refractivity contribution in [3.63, 3.8) is 0 Å². The van der Waals surface area contributed by atoms with Crippen molar-refractivity contribution in [2.45, 2.75) is 12.2 Å². The van der Waals surface area contributed by atoms with E-state index in [4.69, 9.17) is 5.11 Å². The second-order valence-corrected chi connectivity index (χ2v) is 6.15. The fourth-order valence-corrected chi connectivity index (χ4v) is 2.40. The normalized spacial score (nSPS) is 14.1. The number of amides is 1. The maximum atomic E-state index is 11.8. The molecule has 1 rings (SSSR count). The van der Waals surface area contributed by atoms with Gasteiger partial charge in [-0.2, -0.15) is 0 Å². The molecule has 2 atom stereocenters. The van der Waals surface area contributed by atoms with Gasteiger partial charge in [0, 0.05) is 21.0 Å². The lowest BCUT2D eigenvalue weighted by Crippen LogP contribution is -2.31. The van der Waals surface area contributed by atoms with E-state index in [1.165, 1.54) is 0 Å². The molecule has 2 N–H and O–H groups in total. The first-order valence-electron chi connectivity index (χ1n) is 5.09. The highest BCUT2D eigenvalue weighted by atomic mass is 79.9. The van der Waals surface area contributed by atoms with Crippen molar-refractivity contribution in [2.24, 2.45) is 0 Å². The van der Waals surface area contributed by atoms with Crippen molar-refractivity contribution < 1.29 is 14.1 Å². The topological polar surface area (TPSA) is 66.4 Å². The monoisotopic (exact) mass is 319 g/mol. The number of nitrogens with one attached hydrogen (secondary N) is 1. The summed E-state index contributed by atoms with van der Waals surface area (Å²) in [5, 5.41) is 10.7. The maximum Gasteiger partial charge on any atom is 0.239 e. The second kappa shape index (κ2) is 6.88. The molecular weight excluding hydrogens is 306 g/mol. The second-order valence-electron chi connectivity index (χ2n) is 3.42. The van der Waals surface area contributed by atoms with Crippen LogP contribution < -0.4 is 5.32 Å². The van der Waals surface area contributed by atoms with Crippen LogP contribution in [0.1, 0.15) is 6.92 Å². The molecule has 0 aromatic heterocycles. The van der Waals surface area contributed by atoms with Gasteiger partial charge in [0.2, 0.25) is 5.91 Å². The third-order valence-electron chi connectivity index (χ3n) is 2.19. The minimum Gasteiger partial charge on any atom is -0.395 e. The third-order valence-corrected chi connectivity index (χ3v) is 4.47. The zero-order chi connectivity index (χ0) is 12.8. The summed E-state index contributed by atoms with van der Waals surface area (Å²) >= 11 is 3.31. The van der Waals surface area contributed by atoms with E-state index in [1.807, 2.05) is 12.1 Å². The van der Waals surface area contributed by atoms with E-state index in [2.05, 4.69) is 21.2 Å². The first-order valence-corrected chi connectivity index (χ1v) is 7.27. The van der Waals surface area contributed by atoms with Gasteiger partial charge in [-0.25, -0.2) is 0 Å². The average Bonchev–Trinajstić information content (AvgIpc) is 2.31. The standard InChI is InChI=1S/C11H14BrNO3S/c1-8(17(16)7-6-14)11(15)13-10-5-3-2-4-9(10)12/h2-5,8,14H,6-7H2,1H3,(H,13,15). The predicted molar refractivity (Wildman–Crippen MR) is 72.3 cm³/mol. The van der Waals surface area contributed by atoms with Crippen molar-refractivity contribution >= 4 is 38.3 Å². The van der Waals surface area contributed by atoms with Crippen LogP contribution in [-0.4, -0.2) is 32.8 Å². The van der Waals surface area contributed by atoms with E-state index in [0.29, 0.717) is 5.69 Å². The Morgan fingerprint density at radius 3 is 2.76 bits per heavy atom. The van der Waals surface area contributed by atoms with E-state index in [9.17, 15) is 9.00 Å². The summed E-state index contributed by atoms with van der Waals surface area (Å²) < 4.78 is 12.3. The Hall–Kier alpha value is -0.720. The molecule has 0 saturated heterocycles. The van der Waals surface area contributed by atoms with Crippen LogP contribution in [0, 0.1) is 0 Å². The van der Waals surface area contributed by atoms with E-state index < -0.39 is 16.0 Å². The minimum atomic E-state index is -1.35. The molecule has 0 aliphatic rings. The molecule has 2 unspecified atom stereocenters.